The Kier molecular flexibility index (Phi) is 5.33. The predicted octanol–water partition coefficient (Wildman–Crippen LogP) is 4.09. The van der Waals surface area contributed by atoms with Crippen molar-refractivity contribution in [2.24, 2.45) is 0 Å². The molecule has 142 valence electrons. The minimum absolute atomic E-state index is 0.0822. The average Bonchev–Trinajstić information content (AvgIpc) is 2.75. The van der Waals surface area contributed by atoms with Crippen LogP contribution in [0.5, 0.6) is 0 Å². The molecule has 0 unspecified atom stereocenters. The lowest BCUT2D eigenvalue weighted by molar-refractivity contribution is -0.115. The molecule has 6 nitrogen and oxygen atoms in total. The van der Waals surface area contributed by atoms with E-state index in [1.807, 2.05) is 55.5 Å². The first-order valence-corrected chi connectivity index (χ1v) is 9.22. The predicted molar refractivity (Wildman–Crippen MR) is 112 cm³/mol. The summed E-state index contributed by atoms with van der Waals surface area (Å²) in [5, 5.41) is 10.5. The number of amides is 1. The maximum Gasteiger partial charge on any atom is 0.228 e. The zero-order valence-corrected chi connectivity index (χ0v) is 15.9. The highest BCUT2D eigenvalue weighted by Crippen LogP contribution is 2.24. The highest BCUT2D eigenvalue weighted by atomic mass is 16.1. The molecule has 4 aromatic rings. The van der Waals surface area contributed by atoms with Crippen molar-refractivity contribution >= 4 is 11.6 Å². The van der Waals surface area contributed by atoms with Crippen LogP contribution < -0.4 is 5.32 Å². The summed E-state index contributed by atoms with van der Waals surface area (Å²) < 4.78 is 0. The Morgan fingerprint density at radius 3 is 2.41 bits per heavy atom. The topological polar surface area (TPSA) is 80.7 Å². The summed E-state index contributed by atoms with van der Waals surface area (Å²) in [7, 11) is 0. The van der Waals surface area contributed by atoms with Crippen LogP contribution in [-0.2, 0) is 11.2 Å². The third-order valence-corrected chi connectivity index (χ3v) is 4.57. The number of nitrogens with zero attached hydrogens (tertiary/aromatic N) is 4. The fourth-order valence-electron chi connectivity index (χ4n) is 3.16. The minimum Gasteiger partial charge on any atom is -0.324 e. The van der Waals surface area contributed by atoms with Gasteiger partial charge in [-0.05, 0) is 59.5 Å². The smallest absolute Gasteiger partial charge is 0.228 e. The van der Waals surface area contributed by atoms with Gasteiger partial charge in [-0.2, -0.15) is 10.2 Å². The van der Waals surface area contributed by atoms with E-state index in [9.17, 15) is 4.79 Å². The molecule has 0 spiro atoms. The van der Waals surface area contributed by atoms with E-state index in [1.165, 1.54) is 0 Å². The third kappa shape index (κ3) is 4.50. The zero-order valence-electron chi connectivity index (χ0n) is 15.9. The van der Waals surface area contributed by atoms with Crippen LogP contribution in [0, 0.1) is 6.92 Å². The van der Waals surface area contributed by atoms with Crippen LogP contribution in [-0.4, -0.2) is 26.1 Å². The highest BCUT2D eigenvalue weighted by Gasteiger charge is 2.08. The number of aromatic nitrogens is 4. The monoisotopic (exact) mass is 381 g/mol. The second-order valence-electron chi connectivity index (χ2n) is 6.67. The van der Waals surface area contributed by atoms with E-state index in [2.05, 4.69) is 25.5 Å². The van der Waals surface area contributed by atoms with Crippen molar-refractivity contribution in [2.45, 2.75) is 13.3 Å². The largest absolute Gasteiger partial charge is 0.324 e. The molecule has 1 amide bonds. The quantitative estimate of drug-likeness (QED) is 0.563. The number of carbonyl (C=O) groups is 1. The van der Waals surface area contributed by atoms with E-state index >= 15 is 0 Å². The molecule has 4 rings (SSSR count). The summed E-state index contributed by atoms with van der Waals surface area (Å²) in [5.74, 6) is -0.0822. The molecule has 1 N–H and O–H groups in total. The van der Waals surface area contributed by atoms with Crippen LogP contribution in [0.25, 0.3) is 22.4 Å². The molecule has 0 aliphatic heterocycles. The van der Waals surface area contributed by atoms with Crippen molar-refractivity contribution in [3.8, 4) is 22.4 Å². The summed E-state index contributed by atoms with van der Waals surface area (Å²) >= 11 is 0. The molecule has 1 aromatic carbocycles. The minimum atomic E-state index is -0.0822. The number of carbonyl (C=O) groups excluding carboxylic acids is 1. The van der Waals surface area contributed by atoms with E-state index in [4.69, 9.17) is 0 Å². The molecule has 0 saturated heterocycles. The van der Waals surface area contributed by atoms with Gasteiger partial charge in [-0.15, -0.1) is 0 Å². The van der Waals surface area contributed by atoms with Gasteiger partial charge >= 0.3 is 0 Å². The maximum absolute atomic E-state index is 12.4. The van der Waals surface area contributed by atoms with Gasteiger partial charge in [0.05, 0.1) is 36.4 Å². The summed E-state index contributed by atoms with van der Waals surface area (Å²) in [4.78, 5) is 20.9. The van der Waals surface area contributed by atoms with Crippen molar-refractivity contribution in [1.82, 2.24) is 20.2 Å². The number of nitrogens with one attached hydrogen (secondary N) is 1. The molecule has 3 heterocycles. The van der Waals surface area contributed by atoms with Crippen molar-refractivity contribution in [3.05, 3.63) is 90.6 Å². The van der Waals surface area contributed by atoms with Gasteiger partial charge in [-0.1, -0.05) is 18.2 Å². The molecule has 3 aromatic heterocycles. The van der Waals surface area contributed by atoms with Gasteiger partial charge in [0.2, 0.25) is 5.91 Å². The Hall–Kier alpha value is -3.93. The third-order valence-electron chi connectivity index (χ3n) is 4.57. The molecular weight excluding hydrogens is 362 g/mol. The van der Waals surface area contributed by atoms with Crippen molar-refractivity contribution < 1.29 is 4.79 Å². The second kappa shape index (κ2) is 8.39. The first-order valence-electron chi connectivity index (χ1n) is 9.22. The van der Waals surface area contributed by atoms with Crippen molar-refractivity contribution in [2.75, 3.05) is 5.32 Å². The van der Waals surface area contributed by atoms with Crippen molar-refractivity contribution in [1.29, 1.82) is 0 Å². The average molecular weight is 381 g/mol. The summed E-state index contributed by atoms with van der Waals surface area (Å²) in [6.45, 7) is 2.05. The lowest BCUT2D eigenvalue weighted by atomic mass is 9.98. The number of hydrogen-bond acceptors (Lipinski definition) is 5. The summed E-state index contributed by atoms with van der Waals surface area (Å²) in [6, 6.07) is 15.6. The summed E-state index contributed by atoms with van der Waals surface area (Å²) in [5.41, 5.74) is 6.66. The molecule has 0 atom stereocenters. The first kappa shape index (κ1) is 18.4. The van der Waals surface area contributed by atoms with E-state index in [0.717, 1.165) is 33.5 Å². The van der Waals surface area contributed by atoms with Gasteiger partial charge in [0, 0.05) is 18.0 Å². The lowest BCUT2D eigenvalue weighted by Crippen LogP contribution is -2.14. The Labute approximate surface area is 168 Å². The molecular formula is C23H19N5O. The SMILES string of the molecule is Cc1cc(CC(=O)Nc2ccc(-c3ccnnc3)nc2)ccc1-c1ccncc1. The molecule has 0 aliphatic rings. The standard InChI is InChI=1S/C23H19N5O/c1-16-12-17(2-4-21(16)18-6-9-24-10-7-18)13-23(29)28-20-3-5-22(25-15-20)19-8-11-26-27-14-19/h2-12,14-15H,13H2,1H3,(H,28,29). The van der Waals surface area contributed by atoms with Gasteiger partial charge < -0.3 is 5.32 Å². The molecule has 0 aliphatic carbocycles. The number of hydrogen-bond donors (Lipinski definition) is 1. The lowest BCUT2D eigenvalue weighted by Gasteiger charge is -2.10. The van der Waals surface area contributed by atoms with Gasteiger partial charge in [-0.25, -0.2) is 0 Å². The fourth-order valence-corrected chi connectivity index (χ4v) is 3.16. The maximum atomic E-state index is 12.4. The fraction of sp³-hybridized carbons (Fsp3) is 0.0870. The Balaban J connectivity index is 1.41. The van der Waals surface area contributed by atoms with E-state index in [0.29, 0.717) is 12.1 Å². The highest BCUT2D eigenvalue weighted by molar-refractivity contribution is 5.92. The first-order chi connectivity index (χ1) is 14.2. The number of benzene rings is 1. The summed E-state index contributed by atoms with van der Waals surface area (Å²) in [6.07, 6.45) is 8.77. The molecule has 29 heavy (non-hydrogen) atoms. The van der Waals surface area contributed by atoms with Crippen LogP contribution in [0.2, 0.25) is 0 Å². The molecule has 0 bridgehead atoms. The number of aryl methyl sites for hydroxylation is 1. The molecule has 6 heteroatoms. The number of rotatable bonds is 5. The van der Waals surface area contributed by atoms with E-state index in [1.54, 1.807) is 31.0 Å². The normalized spacial score (nSPS) is 10.5. The van der Waals surface area contributed by atoms with Crippen molar-refractivity contribution in [3.63, 3.8) is 0 Å². The van der Waals surface area contributed by atoms with Gasteiger partial charge in [0.25, 0.3) is 0 Å². The number of anilines is 1. The van der Waals surface area contributed by atoms with Crippen LogP contribution >= 0.6 is 0 Å². The van der Waals surface area contributed by atoms with Gasteiger partial charge in [0.15, 0.2) is 0 Å². The Bertz CT molecular complexity index is 1110. The van der Waals surface area contributed by atoms with E-state index in [-0.39, 0.29) is 5.91 Å². The Morgan fingerprint density at radius 1 is 0.897 bits per heavy atom. The zero-order chi connectivity index (χ0) is 20.1. The number of pyridine rings is 2. The molecule has 0 fully saturated rings. The van der Waals surface area contributed by atoms with Gasteiger partial charge in [0.1, 0.15) is 0 Å². The van der Waals surface area contributed by atoms with Crippen LogP contribution in [0.15, 0.2) is 79.5 Å². The van der Waals surface area contributed by atoms with Crippen LogP contribution in [0.1, 0.15) is 11.1 Å². The molecule has 0 radical (unpaired) electrons. The van der Waals surface area contributed by atoms with Crippen LogP contribution in [0.4, 0.5) is 5.69 Å². The van der Waals surface area contributed by atoms with E-state index < -0.39 is 0 Å². The molecule has 0 saturated carbocycles. The second-order valence-corrected chi connectivity index (χ2v) is 6.67. The Morgan fingerprint density at radius 2 is 1.72 bits per heavy atom. The van der Waals surface area contributed by atoms with Crippen LogP contribution in [0.3, 0.4) is 0 Å². The van der Waals surface area contributed by atoms with Gasteiger partial charge in [-0.3, -0.25) is 14.8 Å².